The summed E-state index contributed by atoms with van der Waals surface area (Å²) in [6.07, 6.45) is 1.31. The predicted octanol–water partition coefficient (Wildman–Crippen LogP) is 3.89. The molecule has 2 aromatic carbocycles. The van der Waals surface area contributed by atoms with E-state index in [1.54, 1.807) is 12.1 Å². The van der Waals surface area contributed by atoms with Crippen LogP contribution in [-0.4, -0.2) is 41.2 Å². The van der Waals surface area contributed by atoms with Crippen LogP contribution in [0.1, 0.15) is 34.0 Å². The fraction of sp³-hybridized carbons (Fsp3) is 0.231. The Kier molecular flexibility index (Phi) is 5.71. The molecule has 0 saturated heterocycles. The number of aliphatic carboxylic acids is 1. The number of fused-ring (bicyclic) bond motifs is 3. The standard InChI is InChI=1S/C26H23N3O5/c30-24(28-13-15-12-20(15)25(31)32)23-22(10-5-11-27-23)29-26(33)34-14-21-18-8-3-1-6-16(18)17-7-2-4-9-19(17)21/h1-11,15,20-21H,12-14H2,(H,28,30)(H,29,33)(H,31,32)/t15-,20-/m1/s1. The maximum absolute atomic E-state index is 12.6. The van der Waals surface area contributed by atoms with E-state index in [0.717, 1.165) is 22.3 Å². The molecule has 2 aliphatic carbocycles. The normalized spacial score (nSPS) is 17.9. The highest BCUT2D eigenvalue weighted by Gasteiger charge is 2.43. The minimum Gasteiger partial charge on any atom is -0.481 e. The van der Waals surface area contributed by atoms with Crippen molar-refractivity contribution >= 4 is 23.7 Å². The molecule has 0 spiro atoms. The molecule has 5 rings (SSSR count). The fourth-order valence-electron chi connectivity index (χ4n) is 4.51. The molecule has 0 bridgehead atoms. The Bertz CT molecular complexity index is 1230. The van der Waals surface area contributed by atoms with Gasteiger partial charge < -0.3 is 15.2 Å². The SMILES string of the molecule is O=C(Nc1cccnc1C(=O)NC[C@H]1C[C@H]1C(=O)O)OCC1c2ccccc2-c2ccccc21. The predicted molar refractivity (Wildman–Crippen MR) is 124 cm³/mol. The van der Waals surface area contributed by atoms with Crippen molar-refractivity contribution in [1.29, 1.82) is 0 Å². The van der Waals surface area contributed by atoms with Gasteiger partial charge in [-0.05, 0) is 46.7 Å². The monoisotopic (exact) mass is 457 g/mol. The summed E-state index contributed by atoms with van der Waals surface area (Å²) in [5.41, 5.74) is 4.76. The molecule has 0 unspecified atom stereocenters. The largest absolute Gasteiger partial charge is 0.481 e. The highest BCUT2D eigenvalue weighted by Crippen LogP contribution is 2.44. The zero-order valence-corrected chi connectivity index (χ0v) is 18.2. The quantitative estimate of drug-likeness (QED) is 0.495. The minimum atomic E-state index is -0.852. The number of aromatic nitrogens is 1. The van der Waals surface area contributed by atoms with Crippen molar-refractivity contribution in [2.45, 2.75) is 12.3 Å². The lowest BCUT2D eigenvalue weighted by molar-refractivity contribution is -0.138. The lowest BCUT2D eigenvalue weighted by Gasteiger charge is -2.15. The molecule has 1 saturated carbocycles. The molecule has 8 heteroatoms. The van der Waals surface area contributed by atoms with E-state index in [1.165, 1.54) is 6.20 Å². The van der Waals surface area contributed by atoms with Crippen molar-refractivity contribution in [2.75, 3.05) is 18.5 Å². The van der Waals surface area contributed by atoms with E-state index in [9.17, 15) is 14.4 Å². The van der Waals surface area contributed by atoms with Gasteiger partial charge in [0.25, 0.3) is 5.91 Å². The molecule has 1 aromatic heterocycles. The van der Waals surface area contributed by atoms with E-state index in [-0.39, 0.29) is 36.4 Å². The number of nitrogens with zero attached hydrogens (tertiary/aromatic N) is 1. The van der Waals surface area contributed by atoms with Gasteiger partial charge in [-0.1, -0.05) is 48.5 Å². The van der Waals surface area contributed by atoms with Crippen LogP contribution < -0.4 is 10.6 Å². The third kappa shape index (κ3) is 4.22. The summed E-state index contributed by atoms with van der Waals surface area (Å²) in [5, 5.41) is 14.3. The first-order chi connectivity index (χ1) is 16.5. The van der Waals surface area contributed by atoms with Gasteiger partial charge in [-0.2, -0.15) is 0 Å². The number of pyridine rings is 1. The highest BCUT2D eigenvalue weighted by atomic mass is 16.5. The lowest BCUT2D eigenvalue weighted by Crippen LogP contribution is -2.29. The number of carboxylic acid groups (broad SMARTS) is 1. The summed E-state index contributed by atoms with van der Waals surface area (Å²) >= 11 is 0. The highest BCUT2D eigenvalue weighted by molar-refractivity contribution is 6.01. The van der Waals surface area contributed by atoms with Gasteiger partial charge in [-0.15, -0.1) is 0 Å². The number of carbonyl (C=O) groups is 3. The lowest BCUT2D eigenvalue weighted by atomic mass is 9.98. The summed E-state index contributed by atoms with van der Waals surface area (Å²) in [5.74, 6) is -1.90. The van der Waals surface area contributed by atoms with Crippen LogP contribution in [-0.2, 0) is 9.53 Å². The van der Waals surface area contributed by atoms with E-state index >= 15 is 0 Å². The molecule has 172 valence electrons. The van der Waals surface area contributed by atoms with E-state index < -0.39 is 23.9 Å². The van der Waals surface area contributed by atoms with E-state index in [1.807, 2.05) is 36.4 Å². The van der Waals surface area contributed by atoms with Crippen molar-refractivity contribution < 1.29 is 24.2 Å². The molecule has 1 fully saturated rings. The molecule has 0 aliphatic heterocycles. The number of rotatable bonds is 7. The van der Waals surface area contributed by atoms with Gasteiger partial charge in [0.1, 0.15) is 6.61 Å². The van der Waals surface area contributed by atoms with E-state index in [2.05, 4.69) is 27.8 Å². The fourth-order valence-corrected chi connectivity index (χ4v) is 4.51. The molecule has 3 N–H and O–H groups in total. The zero-order valence-electron chi connectivity index (χ0n) is 18.2. The van der Waals surface area contributed by atoms with Crippen molar-refractivity contribution in [3.8, 4) is 11.1 Å². The molecule has 3 aromatic rings. The first-order valence-corrected chi connectivity index (χ1v) is 11.1. The average Bonchev–Trinajstić information content (AvgIpc) is 3.57. The molecular weight excluding hydrogens is 434 g/mol. The molecule has 2 aliphatic rings. The molecule has 1 heterocycles. The van der Waals surface area contributed by atoms with Gasteiger partial charge in [-0.3, -0.25) is 14.9 Å². The summed E-state index contributed by atoms with van der Waals surface area (Å²) in [6.45, 7) is 0.399. The molecule has 2 atom stereocenters. The van der Waals surface area contributed by atoms with Gasteiger partial charge in [-0.25, -0.2) is 9.78 Å². The summed E-state index contributed by atoms with van der Waals surface area (Å²) in [4.78, 5) is 40.2. The number of anilines is 1. The number of hydrogen-bond donors (Lipinski definition) is 3. The summed E-state index contributed by atoms with van der Waals surface area (Å²) < 4.78 is 5.55. The Morgan fingerprint density at radius 3 is 2.29 bits per heavy atom. The number of benzene rings is 2. The Hall–Kier alpha value is -4.20. The first-order valence-electron chi connectivity index (χ1n) is 11.1. The molecule has 2 amide bonds. The van der Waals surface area contributed by atoms with Crippen LogP contribution in [0, 0.1) is 11.8 Å². The maximum atomic E-state index is 12.6. The van der Waals surface area contributed by atoms with Crippen LogP contribution in [0.15, 0.2) is 66.9 Å². The topological polar surface area (TPSA) is 118 Å². The number of ether oxygens (including phenoxy) is 1. The van der Waals surface area contributed by atoms with Gasteiger partial charge in [0, 0.05) is 18.7 Å². The minimum absolute atomic E-state index is 0.0449. The Morgan fingerprint density at radius 1 is 0.971 bits per heavy atom. The Morgan fingerprint density at radius 2 is 1.65 bits per heavy atom. The number of carboxylic acids is 1. The third-order valence-corrected chi connectivity index (χ3v) is 6.37. The third-order valence-electron chi connectivity index (χ3n) is 6.37. The summed E-state index contributed by atoms with van der Waals surface area (Å²) in [6, 6.07) is 19.3. The molecule has 34 heavy (non-hydrogen) atoms. The van der Waals surface area contributed by atoms with E-state index in [4.69, 9.17) is 9.84 Å². The van der Waals surface area contributed by atoms with Gasteiger partial charge in [0.2, 0.25) is 0 Å². The Balaban J connectivity index is 1.22. The Labute approximate surface area is 196 Å². The van der Waals surface area contributed by atoms with Crippen LogP contribution in [0.3, 0.4) is 0 Å². The average molecular weight is 457 g/mol. The number of hydrogen-bond acceptors (Lipinski definition) is 5. The number of nitrogens with one attached hydrogen (secondary N) is 2. The van der Waals surface area contributed by atoms with Crippen molar-refractivity contribution in [2.24, 2.45) is 11.8 Å². The molecular formula is C26H23N3O5. The van der Waals surface area contributed by atoms with Crippen LogP contribution in [0.2, 0.25) is 0 Å². The van der Waals surface area contributed by atoms with Gasteiger partial charge >= 0.3 is 12.1 Å². The van der Waals surface area contributed by atoms with Crippen LogP contribution in [0.5, 0.6) is 0 Å². The van der Waals surface area contributed by atoms with Crippen molar-refractivity contribution in [1.82, 2.24) is 10.3 Å². The van der Waals surface area contributed by atoms with Gasteiger partial charge in [0.15, 0.2) is 5.69 Å². The second-order valence-corrected chi connectivity index (χ2v) is 8.50. The van der Waals surface area contributed by atoms with Crippen LogP contribution >= 0.6 is 0 Å². The second-order valence-electron chi connectivity index (χ2n) is 8.50. The van der Waals surface area contributed by atoms with Crippen molar-refractivity contribution in [3.63, 3.8) is 0 Å². The van der Waals surface area contributed by atoms with Crippen molar-refractivity contribution in [3.05, 3.63) is 83.7 Å². The second kappa shape index (κ2) is 8.97. The van der Waals surface area contributed by atoms with Crippen LogP contribution in [0.25, 0.3) is 11.1 Å². The van der Waals surface area contributed by atoms with Crippen LogP contribution in [0.4, 0.5) is 10.5 Å². The first kappa shape index (κ1) is 21.6. The smallest absolute Gasteiger partial charge is 0.411 e. The summed E-state index contributed by atoms with van der Waals surface area (Å²) in [7, 11) is 0. The molecule has 0 radical (unpaired) electrons. The van der Waals surface area contributed by atoms with E-state index in [0.29, 0.717) is 6.42 Å². The number of amides is 2. The maximum Gasteiger partial charge on any atom is 0.411 e. The zero-order chi connectivity index (χ0) is 23.7. The van der Waals surface area contributed by atoms with Gasteiger partial charge in [0.05, 0.1) is 11.6 Å². The molecule has 8 nitrogen and oxygen atoms in total. The number of carbonyl (C=O) groups excluding carboxylic acids is 2.